The van der Waals surface area contributed by atoms with Crippen molar-refractivity contribution in [3.8, 4) is 5.13 Å². The van der Waals surface area contributed by atoms with Gasteiger partial charge in [-0.05, 0) is 7.05 Å². The summed E-state index contributed by atoms with van der Waals surface area (Å²) in [5.74, 6) is 1.79. The van der Waals surface area contributed by atoms with Crippen LogP contribution in [0.5, 0.6) is 0 Å². The maximum Gasteiger partial charge on any atom is 0.234 e. The maximum absolute atomic E-state index is 4.45. The Hall–Kier alpha value is -1.34. The van der Waals surface area contributed by atoms with Gasteiger partial charge in [-0.15, -0.1) is 15.3 Å². The molecule has 0 saturated carbocycles. The third-order valence-corrected chi connectivity index (χ3v) is 3.21. The van der Waals surface area contributed by atoms with E-state index < -0.39 is 0 Å². The first kappa shape index (κ1) is 12.1. The molecule has 0 bridgehead atoms. The predicted molar refractivity (Wildman–Crippen MR) is 66.3 cm³/mol. The normalized spacial score (nSPS) is 11.0. The van der Waals surface area contributed by atoms with Gasteiger partial charge in [-0.1, -0.05) is 25.2 Å². The van der Waals surface area contributed by atoms with Gasteiger partial charge < -0.3 is 5.32 Å². The molecule has 0 aromatic carbocycles. The SMILES string of the molecule is CCc1nc(CC)n(-c2nnc(CNC)s2)n1. The molecule has 1 N–H and O–H groups in total. The van der Waals surface area contributed by atoms with Crippen molar-refractivity contribution in [2.45, 2.75) is 33.2 Å². The van der Waals surface area contributed by atoms with Crippen LogP contribution in [-0.2, 0) is 19.4 Å². The van der Waals surface area contributed by atoms with E-state index in [1.165, 1.54) is 11.3 Å². The summed E-state index contributed by atoms with van der Waals surface area (Å²) in [7, 11) is 1.89. The zero-order chi connectivity index (χ0) is 12.3. The molecule has 2 heterocycles. The number of aromatic nitrogens is 5. The van der Waals surface area contributed by atoms with Crippen LogP contribution in [0.2, 0.25) is 0 Å². The molecule has 2 aromatic rings. The average molecular weight is 252 g/mol. The molecule has 0 unspecified atom stereocenters. The van der Waals surface area contributed by atoms with Crippen molar-refractivity contribution in [1.29, 1.82) is 0 Å². The second-order valence-electron chi connectivity index (χ2n) is 3.57. The summed E-state index contributed by atoms with van der Waals surface area (Å²) >= 11 is 1.54. The lowest BCUT2D eigenvalue weighted by Crippen LogP contribution is -2.04. The quantitative estimate of drug-likeness (QED) is 0.858. The van der Waals surface area contributed by atoms with Gasteiger partial charge in [0.2, 0.25) is 5.13 Å². The summed E-state index contributed by atoms with van der Waals surface area (Å²) in [6.45, 7) is 4.84. The van der Waals surface area contributed by atoms with Crippen molar-refractivity contribution < 1.29 is 0 Å². The Morgan fingerprint density at radius 2 is 2.06 bits per heavy atom. The Bertz CT molecular complexity index is 489. The van der Waals surface area contributed by atoms with Crippen LogP contribution >= 0.6 is 11.3 Å². The molecule has 0 spiro atoms. The van der Waals surface area contributed by atoms with Gasteiger partial charge >= 0.3 is 0 Å². The number of nitrogens with one attached hydrogen (secondary N) is 1. The van der Waals surface area contributed by atoms with E-state index in [9.17, 15) is 0 Å². The minimum atomic E-state index is 0.731. The van der Waals surface area contributed by atoms with Crippen molar-refractivity contribution >= 4 is 11.3 Å². The molecule has 2 rings (SSSR count). The molecule has 0 aliphatic rings. The molecular weight excluding hydrogens is 236 g/mol. The van der Waals surface area contributed by atoms with E-state index in [2.05, 4.69) is 32.5 Å². The van der Waals surface area contributed by atoms with E-state index in [-0.39, 0.29) is 0 Å². The van der Waals surface area contributed by atoms with E-state index in [1.54, 1.807) is 4.68 Å². The highest BCUT2D eigenvalue weighted by Gasteiger charge is 2.13. The summed E-state index contributed by atoms with van der Waals surface area (Å²) in [4.78, 5) is 4.45. The highest BCUT2D eigenvalue weighted by atomic mass is 32.1. The van der Waals surface area contributed by atoms with Gasteiger partial charge in [-0.3, -0.25) is 0 Å². The van der Waals surface area contributed by atoms with Crippen LogP contribution in [0.3, 0.4) is 0 Å². The molecule has 17 heavy (non-hydrogen) atoms. The van der Waals surface area contributed by atoms with E-state index in [0.29, 0.717) is 0 Å². The third-order valence-electron chi connectivity index (χ3n) is 2.32. The smallest absolute Gasteiger partial charge is 0.234 e. The molecule has 0 radical (unpaired) electrons. The third kappa shape index (κ3) is 2.50. The zero-order valence-electron chi connectivity index (χ0n) is 10.3. The summed E-state index contributed by atoms with van der Waals surface area (Å²) in [6, 6.07) is 0. The molecule has 0 saturated heterocycles. The molecule has 0 atom stereocenters. The first-order valence-corrected chi connectivity index (χ1v) is 6.52. The minimum absolute atomic E-state index is 0.731. The van der Waals surface area contributed by atoms with Crippen LogP contribution in [0.4, 0.5) is 0 Å². The van der Waals surface area contributed by atoms with Gasteiger partial charge in [-0.25, -0.2) is 4.98 Å². The van der Waals surface area contributed by atoms with Gasteiger partial charge in [0.05, 0.1) is 0 Å². The Labute approximate surface area is 104 Å². The largest absolute Gasteiger partial charge is 0.313 e. The fourth-order valence-electron chi connectivity index (χ4n) is 1.48. The Kier molecular flexibility index (Phi) is 3.80. The van der Waals surface area contributed by atoms with Crippen LogP contribution in [0.25, 0.3) is 5.13 Å². The monoisotopic (exact) mass is 252 g/mol. The van der Waals surface area contributed by atoms with Gasteiger partial charge in [-0.2, -0.15) is 4.68 Å². The summed E-state index contributed by atoms with van der Waals surface area (Å²) < 4.78 is 1.80. The van der Waals surface area contributed by atoms with Crippen LogP contribution in [-0.4, -0.2) is 32.0 Å². The number of rotatable bonds is 5. The predicted octanol–water partition coefficient (Wildman–Crippen LogP) is 0.963. The minimum Gasteiger partial charge on any atom is -0.313 e. The van der Waals surface area contributed by atoms with Crippen LogP contribution in [0.1, 0.15) is 30.5 Å². The molecule has 0 aliphatic heterocycles. The lowest BCUT2D eigenvalue weighted by atomic mass is 10.4. The number of hydrogen-bond donors (Lipinski definition) is 1. The first-order chi connectivity index (χ1) is 8.28. The Morgan fingerprint density at radius 3 is 2.71 bits per heavy atom. The average Bonchev–Trinajstić information content (AvgIpc) is 2.94. The van der Waals surface area contributed by atoms with Crippen molar-refractivity contribution in [2.24, 2.45) is 0 Å². The summed E-state index contributed by atoms with van der Waals surface area (Å²) in [5.41, 5.74) is 0. The summed E-state index contributed by atoms with van der Waals surface area (Å²) in [5, 5.41) is 17.5. The van der Waals surface area contributed by atoms with E-state index in [4.69, 9.17) is 0 Å². The topological polar surface area (TPSA) is 68.5 Å². The van der Waals surface area contributed by atoms with Gasteiger partial charge in [0, 0.05) is 19.4 Å². The molecule has 92 valence electrons. The van der Waals surface area contributed by atoms with E-state index in [1.807, 2.05) is 14.0 Å². The second-order valence-corrected chi connectivity index (χ2v) is 4.61. The van der Waals surface area contributed by atoms with Crippen molar-refractivity contribution in [2.75, 3.05) is 7.05 Å². The Morgan fingerprint density at radius 1 is 1.24 bits per heavy atom. The van der Waals surface area contributed by atoms with Gasteiger partial charge in [0.25, 0.3) is 0 Å². The van der Waals surface area contributed by atoms with E-state index >= 15 is 0 Å². The zero-order valence-corrected chi connectivity index (χ0v) is 11.1. The Balaban J connectivity index is 2.33. The molecule has 7 heteroatoms. The molecule has 0 fully saturated rings. The van der Waals surface area contributed by atoms with Crippen LogP contribution in [0.15, 0.2) is 0 Å². The fourth-order valence-corrected chi connectivity index (χ4v) is 2.30. The second kappa shape index (κ2) is 5.33. The number of nitrogens with zero attached hydrogens (tertiary/aromatic N) is 5. The number of aryl methyl sites for hydroxylation is 2. The van der Waals surface area contributed by atoms with Crippen molar-refractivity contribution in [1.82, 2.24) is 30.3 Å². The first-order valence-electron chi connectivity index (χ1n) is 5.70. The molecular formula is C10H16N6S. The lowest BCUT2D eigenvalue weighted by molar-refractivity contribution is 0.760. The van der Waals surface area contributed by atoms with Gasteiger partial charge in [0.15, 0.2) is 5.82 Å². The van der Waals surface area contributed by atoms with Crippen molar-refractivity contribution in [3.63, 3.8) is 0 Å². The van der Waals surface area contributed by atoms with E-state index in [0.717, 1.165) is 41.2 Å². The van der Waals surface area contributed by atoms with Crippen molar-refractivity contribution in [3.05, 3.63) is 16.7 Å². The fraction of sp³-hybridized carbons (Fsp3) is 0.600. The molecule has 0 aliphatic carbocycles. The standard InChI is InChI=1S/C10H16N6S/c1-4-7-12-8(5-2)16(15-7)10-14-13-9(17-10)6-11-3/h11H,4-6H2,1-3H3. The van der Waals surface area contributed by atoms with Crippen LogP contribution < -0.4 is 5.32 Å². The highest BCUT2D eigenvalue weighted by Crippen LogP contribution is 2.16. The van der Waals surface area contributed by atoms with Gasteiger partial charge in [0.1, 0.15) is 10.8 Å². The number of hydrogen-bond acceptors (Lipinski definition) is 6. The maximum atomic E-state index is 4.45. The molecule has 6 nitrogen and oxygen atoms in total. The highest BCUT2D eigenvalue weighted by molar-refractivity contribution is 7.13. The molecule has 2 aromatic heterocycles. The van der Waals surface area contributed by atoms with Crippen LogP contribution in [0, 0.1) is 0 Å². The summed E-state index contributed by atoms with van der Waals surface area (Å²) in [6.07, 6.45) is 1.68. The molecule has 0 amide bonds. The lowest BCUT2D eigenvalue weighted by Gasteiger charge is -1.96.